The van der Waals surface area contributed by atoms with Crippen molar-refractivity contribution in [2.24, 2.45) is 5.92 Å². The zero-order valence-corrected chi connectivity index (χ0v) is 20.7. The zero-order chi connectivity index (χ0) is 24.7. The number of carbonyl (C=O) groups excluding carboxylic acids is 2. The molecule has 1 saturated carbocycles. The average Bonchev–Trinajstić information content (AvgIpc) is 3.35. The predicted octanol–water partition coefficient (Wildman–Crippen LogP) is 4.64. The zero-order valence-electron chi connectivity index (χ0n) is 20.7. The maximum Gasteiger partial charge on any atom is 0.239 e. The molecular weight excluding hydrogens is 450 g/mol. The summed E-state index contributed by atoms with van der Waals surface area (Å²) in [5.41, 5.74) is 2.70. The molecular formula is C29H35N5O2. The lowest BCUT2D eigenvalue weighted by Crippen LogP contribution is -2.48. The summed E-state index contributed by atoms with van der Waals surface area (Å²) >= 11 is 0. The number of nitrogens with one attached hydrogen (secondary N) is 2. The highest BCUT2D eigenvalue weighted by molar-refractivity contribution is 5.92. The minimum absolute atomic E-state index is 0.0589. The molecule has 2 amide bonds. The number of benzene rings is 2. The van der Waals surface area contributed by atoms with Crippen LogP contribution in [0.3, 0.4) is 0 Å². The molecule has 2 N–H and O–H groups in total. The number of hydrogen-bond donors (Lipinski definition) is 2. The molecule has 0 atom stereocenters. The predicted molar refractivity (Wildman–Crippen MR) is 142 cm³/mol. The molecule has 2 aliphatic rings. The van der Waals surface area contributed by atoms with E-state index in [1.165, 1.54) is 19.3 Å². The van der Waals surface area contributed by atoms with Crippen LogP contribution in [0.1, 0.15) is 44.9 Å². The van der Waals surface area contributed by atoms with Gasteiger partial charge in [0.1, 0.15) is 5.82 Å². The van der Waals surface area contributed by atoms with Crippen LogP contribution in [0.5, 0.6) is 0 Å². The molecule has 36 heavy (non-hydrogen) atoms. The number of likely N-dealkylation sites (tertiary alicyclic amines) is 1. The molecule has 0 unspecified atom stereocenters. The number of carbonyl (C=O) groups is 2. The molecule has 5 rings (SSSR count). The first kappa shape index (κ1) is 24.3. The van der Waals surface area contributed by atoms with Gasteiger partial charge in [0.25, 0.3) is 0 Å². The monoisotopic (exact) mass is 485 g/mol. The Kier molecular flexibility index (Phi) is 7.76. The third-order valence-corrected chi connectivity index (χ3v) is 7.32. The van der Waals surface area contributed by atoms with Crippen LogP contribution in [0.2, 0.25) is 0 Å². The van der Waals surface area contributed by atoms with Crippen LogP contribution in [0, 0.1) is 5.92 Å². The van der Waals surface area contributed by atoms with Gasteiger partial charge in [0.05, 0.1) is 17.9 Å². The summed E-state index contributed by atoms with van der Waals surface area (Å²) in [4.78, 5) is 27.8. The maximum absolute atomic E-state index is 13.0. The fourth-order valence-corrected chi connectivity index (χ4v) is 5.29. The van der Waals surface area contributed by atoms with Crippen molar-refractivity contribution in [3.8, 4) is 16.9 Å². The molecule has 1 saturated heterocycles. The third-order valence-electron chi connectivity index (χ3n) is 7.32. The molecule has 2 fully saturated rings. The van der Waals surface area contributed by atoms with E-state index in [1.807, 2.05) is 66.7 Å². The SMILES string of the molecule is O=C(CN1CCC(NC(=O)C2CCCCC2)CC1)Nc1cc(-c2ccccc2)nn1-c1ccccc1. The molecule has 1 aliphatic carbocycles. The number of hydrogen-bond acceptors (Lipinski definition) is 4. The summed E-state index contributed by atoms with van der Waals surface area (Å²) in [6.07, 6.45) is 7.40. The first-order valence-corrected chi connectivity index (χ1v) is 13.2. The Morgan fingerprint density at radius 2 is 1.53 bits per heavy atom. The summed E-state index contributed by atoms with van der Waals surface area (Å²) in [7, 11) is 0. The van der Waals surface area contributed by atoms with E-state index in [9.17, 15) is 9.59 Å². The molecule has 0 bridgehead atoms. The van der Waals surface area contributed by atoms with Crippen molar-refractivity contribution in [3.63, 3.8) is 0 Å². The van der Waals surface area contributed by atoms with Gasteiger partial charge in [-0.05, 0) is 37.8 Å². The van der Waals surface area contributed by atoms with E-state index < -0.39 is 0 Å². The van der Waals surface area contributed by atoms with Gasteiger partial charge in [-0.1, -0.05) is 67.8 Å². The lowest BCUT2D eigenvalue weighted by Gasteiger charge is -2.33. The van der Waals surface area contributed by atoms with Gasteiger partial charge in [-0.3, -0.25) is 14.5 Å². The Morgan fingerprint density at radius 1 is 0.861 bits per heavy atom. The summed E-state index contributed by atoms with van der Waals surface area (Å²) in [5.74, 6) is 1.02. The molecule has 0 spiro atoms. The van der Waals surface area contributed by atoms with Crippen LogP contribution in [0.4, 0.5) is 5.82 Å². The van der Waals surface area contributed by atoms with Crippen LogP contribution in [0.25, 0.3) is 16.9 Å². The van der Waals surface area contributed by atoms with Gasteiger partial charge >= 0.3 is 0 Å². The number of rotatable bonds is 7. The first-order valence-electron chi connectivity index (χ1n) is 13.2. The van der Waals surface area contributed by atoms with Gasteiger partial charge < -0.3 is 10.6 Å². The van der Waals surface area contributed by atoms with Crippen LogP contribution in [0.15, 0.2) is 66.7 Å². The second-order valence-corrected chi connectivity index (χ2v) is 9.97. The quantitative estimate of drug-likeness (QED) is 0.511. The fraction of sp³-hybridized carbons (Fsp3) is 0.414. The van der Waals surface area contributed by atoms with Crippen LogP contribution >= 0.6 is 0 Å². The number of aromatic nitrogens is 2. The van der Waals surface area contributed by atoms with Gasteiger partial charge in [0.2, 0.25) is 11.8 Å². The fourth-order valence-electron chi connectivity index (χ4n) is 5.29. The van der Waals surface area contributed by atoms with Crippen molar-refractivity contribution in [1.29, 1.82) is 0 Å². The maximum atomic E-state index is 13.0. The standard InChI is InChI=1S/C29H35N5O2/c35-28(21-33-18-16-24(17-19-33)30-29(36)23-12-6-2-7-13-23)31-27-20-26(22-10-4-1-5-11-22)32-34(27)25-14-8-3-9-15-25/h1,3-5,8-11,14-15,20,23-24H,2,6-7,12-13,16-19,21H2,(H,30,36)(H,31,35). The number of piperidine rings is 1. The molecule has 0 radical (unpaired) electrons. The van der Waals surface area contributed by atoms with Crippen molar-refractivity contribution < 1.29 is 9.59 Å². The summed E-state index contributed by atoms with van der Waals surface area (Å²) in [6, 6.07) is 21.9. The summed E-state index contributed by atoms with van der Waals surface area (Å²) in [5, 5.41) is 11.1. The number of anilines is 1. The van der Waals surface area contributed by atoms with Crippen LogP contribution < -0.4 is 10.6 Å². The molecule has 7 heteroatoms. The number of amides is 2. The van der Waals surface area contributed by atoms with Crippen LogP contribution in [-0.4, -0.2) is 52.2 Å². The Morgan fingerprint density at radius 3 is 2.22 bits per heavy atom. The molecule has 2 aromatic carbocycles. The average molecular weight is 486 g/mol. The molecule has 188 valence electrons. The van der Waals surface area contributed by atoms with Crippen molar-refractivity contribution >= 4 is 17.6 Å². The Labute approximate surface area is 212 Å². The van der Waals surface area contributed by atoms with Gasteiger partial charge in [-0.2, -0.15) is 5.10 Å². The Hall–Kier alpha value is -3.45. The van der Waals surface area contributed by atoms with E-state index in [0.29, 0.717) is 12.4 Å². The second kappa shape index (κ2) is 11.5. The van der Waals surface area contributed by atoms with Crippen molar-refractivity contribution in [2.45, 2.75) is 51.0 Å². The highest BCUT2D eigenvalue weighted by Gasteiger charge is 2.26. The van der Waals surface area contributed by atoms with E-state index in [-0.39, 0.29) is 23.8 Å². The minimum atomic E-state index is -0.0589. The van der Waals surface area contributed by atoms with Gasteiger partial charge in [-0.15, -0.1) is 0 Å². The van der Waals surface area contributed by atoms with E-state index in [0.717, 1.165) is 55.7 Å². The van der Waals surface area contributed by atoms with Crippen molar-refractivity contribution in [2.75, 3.05) is 25.0 Å². The molecule has 3 aromatic rings. The minimum Gasteiger partial charge on any atom is -0.353 e. The van der Waals surface area contributed by atoms with E-state index in [1.54, 1.807) is 4.68 Å². The van der Waals surface area contributed by atoms with Crippen molar-refractivity contribution in [3.05, 3.63) is 66.7 Å². The highest BCUT2D eigenvalue weighted by Crippen LogP contribution is 2.26. The lowest BCUT2D eigenvalue weighted by molar-refractivity contribution is -0.127. The topological polar surface area (TPSA) is 79.3 Å². The van der Waals surface area contributed by atoms with Gasteiger partial charge in [0, 0.05) is 36.7 Å². The Balaban J connectivity index is 1.18. The molecule has 1 aliphatic heterocycles. The summed E-state index contributed by atoms with van der Waals surface area (Å²) in [6.45, 7) is 1.93. The van der Waals surface area contributed by atoms with Crippen molar-refractivity contribution in [1.82, 2.24) is 20.0 Å². The summed E-state index contributed by atoms with van der Waals surface area (Å²) < 4.78 is 1.78. The van der Waals surface area contributed by atoms with Gasteiger partial charge in [0.15, 0.2) is 0 Å². The smallest absolute Gasteiger partial charge is 0.239 e. The van der Waals surface area contributed by atoms with Gasteiger partial charge in [-0.25, -0.2) is 4.68 Å². The molecule has 2 heterocycles. The number of para-hydroxylation sites is 1. The normalized spacial score (nSPS) is 17.6. The molecule has 1 aromatic heterocycles. The van der Waals surface area contributed by atoms with E-state index in [2.05, 4.69) is 15.5 Å². The second-order valence-electron chi connectivity index (χ2n) is 9.97. The molecule has 7 nitrogen and oxygen atoms in total. The largest absolute Gasteiger partial charge is 0.353 e. The number of nitrogens with zero attached hydrogens (tertiary/aromatic N) is 3. The first-order chi connectivity index (χ1) is 17.7. The van der Waals surface area contributed by atoms with E-state index in [4.69, 9.17) is 5.10 Å². The van der Waals surface area contributed by atoms with Crippen LogP contribution in [-0.2, 0) is 9.59 Å². The third kappa shape index (κ3) is 6.02. The van der Waals surface area contributed by atoms with E-state index >= 15 is 0 Å². The Bertz CT molecular complexity index is 1150. The highest BCUT2D eigenvalue weighted by atomic mass is 16.2. The lowest BCUT2D eigenvalue weighted by atomic mass is 9.88.